The van der Waals surface area contributed by atoms with Gasteiger partial charge in [0, 0.05) is 12.1 Å². The standard InChI is InChI=1S/C13H18N2O4/c1-8(2)14-12(16)13(17)15-10-7-9(18-3)5-6-11(10)19-4/h5-8H,1-4H3,(H,14,16)(H,15,17). The number of anilines is 1. The smallest absolute Gasteiger partial charge is 0.313 e. The van der Waals surface area contributed by atoms with Gasteiger partial charge in [-0.15, -0.1) is 0 Å². The van der Waals surface area contributed by atoms with Crippen LogP contribution < -0.4 is 20.1 Å². The van der Waals surface area contributed by atoms with Crippen molar-refractivity contribution in [3.63, 3.8) is 0 Å². The Hall–Kier alpha value is -2.24. The predicted molar refractivity (Wildman–Crippen MR) is 71.5 cm³/mol. The van der Waals surface area contributed by atoms with Gasteiger partial charge in [-0.2, -0.15) is 0 Å². The number of hydrogen-bond donors (Lipinski definition) is 2. The SMILES string of the molecule is COc1ccc(OC)c(NC(=O)C(=O)NC(C)C)c1. The number of hydrogen-bond acceptors (Lipinski definition) is 4. The van der Waals surface area contributed by atoms with E-state index < -0.39 is 11.8 Å². The molecular weight excluding hydrogens is 248 g/mol. The van der Waals surface area contributed by atoms with Crippen LogP contribution in [0.1, 0.15) is 13.8 Å². The van der Waals surface area contributed by atoms with Gasteiger partial charge < -0.3 is 20.1 Å². The van der Waals surface area contributed by atoms with Gasteiger partial charge in [-0.05, 0) is 26.0 Å². The van der Waals surface area contributed by atoms with E-state index in [0.29, 0.717) is 17.2 Å². The Morgan fingerprint density at radius 3 is 2.32 bits per heavy atom. The first kappa shape index (κ1) is 14.8. The lowest BCUT2D eigenvalue weighted by Gasteiger charge is -2.12. The Bertz CT molecular complexity index is 472. The predicted octanol–water partition coefficient (Wildman–Crippen LogP) is 1.17. The minimum Gasteiger partial charge on any atom is -0.497 e. The second-order valence-electron chi connectivity index (χ2n) is 4.15. The Morgan fingerprint density at radius 2 is 1.79 bits per heavy atom. The molecule has 104 valence electrons. The van der Waals surface area contributed by atoms with E-state index in [-0.39, 0.29) is 6.04 Å². The number of ether oxygens (including phenoxy) is 2. The van der Waals surface area contributed by atoms with Gasteiger partial charge in [-0.1, -0.05) is 0 Å². The topological polar surface area (TPSA) is 76.7 Å². The molecule has 0 aromatic heterocycles. The number of amides is 2. The van der Waals surface area contributed by atoms with Crippen LogP contribution in [0.4, 0.5) is 5.69 Å². The van der Waals surface area contributed by atoms with Crippen molar-refractivity contribution in [2.75, 3.05) is 19.5 Å². The Labute approximate surface area is 112 Å². The third kappa shape index (κ3) is 4.17. The molecule has 0 radical (unpaired) electrons. The summed E-state index contributed by atoms with van der Waals surface area (Å²) in [7, 11) is 2.99. The summed E-state index contributed by atoms with van der Waals surface area (Å²) >= 11 is 0. The van der Waals surface area contributed by atoms with Crippen LogP contribution in [0, 0.1) is 0 Å². The normalized spacial score (nSPS) is 9.95. The molecule has 1 aromatic rings. The molecular formula is C13H18N2O4. The van der Waals surface area contributed by atoms with Crippen molar-refractivity contribution in [3.05, 3.63) is 18.2 Å². The minimum atomic E-state index is -0.750. The highest BCUT2D eigenvalue weighted by Crippen LogP contribution is 2.28. The molecule has 0 saturated heterocycles. The molecule has 6 nitrogen and oxygen atoms in total. The largest absolute Gasteiger partial charge is 0.497 e. The van der Waals surface area contributed by atoms with E-state index in [1.165, 1.54) is 14.2 Å². The van der Waals surface area contributed by atoms with Crippen molar-refractivity contribution >= 4 is 17.5 Å². The fraction of sp³-hybridized carbons (Fsp3) is 0.385. The molecule has 1 aromatic carbocycles. The van der Waals surface area contributed by atoms with Crippen LogP contribution in [0.25, 0.3) is 0 Å². The summed E-state index contributed by atoms with van der Waals surface area (Å²) in [5, 5.41) is 4.99. The molecule has 0 heterocycles. The number of nitrogens with one attached hydrogen (secondary N) is 2. The second-order valence-corrected chi connectivity index (χ2v) is 4.15. The Balaban J connectivity index is 2.85. The first-order valence-electron chi connectivity index (χ1n) is 5.81. The molecule has 0 spiro atoms. The lowest BCUT2D eigenvalue weighted by atomic mass is 10.2. The third-order valence-corrected chi connectivity index (χ3v) is 2.28. The monoisotopic (exact) mass is 266 g/mol. The third-order valence-electron chi connectivity index (χ3n) is 2.28. The van der Waals surface area contributed by atoms with Crippen molar-refractivity contribution in [1.29, 1.82) is 0 Å². The maximum Gasteiger partial charge on any atom is 0.313 e. The number of rotatable bonds is 4. The van der Waals surface area contributed by atoms with Gasteiger partial charge in [0.05, 0.1) is 19.9 Å². The Kier molecular flexibility index (Phi) is 5.17. The molecule has 0 aliphatic rings. The summed E-state index contributed by atoms with van der Waals surface area (Å²) in [6.45, 7) is 3.55. The lowest BCUT2D eigenvalue weighted by molar-refractivity contribution is -0.136. The van der Waals surface area contributed by atoms with Gasteiger partial charge in [0.25, 0.3) is 0 Å². The fourth-order valence-electron chi connectivity index (χ4n) is 1.42. The van der Waals surface area contributed by atoms with Crippen LogP contribution in [-0.4, -0.2) is 32.1 Å². The van der Waals surface area contributed by atoms with Gasteiger partial charge in [0.1, 0.15) is 11.5 Å². The zero-order valence-electron chi connectivity index (χ0n) is 11.4. The molecule has 2 N–H and O–H groups in total. The molecule has 0 atom stereocenters. The summed E-state index contributed by atoms with van der Waals surface area (Å²) < 4.78 is 10.2. The zero-order valence-corrected chi connectivity index (χ0v) is 11.4. The van der Waals surface area contributed by atoms with Gasteiger partial charge in [0.15, 0.2) is 0 Å². The lowest BCUT2D eigenvalue weighted by Crippen LogP contribution is -2.39. The van der Waals surface area contributed by atoms with Crippen LogP contribution in [-0.2, 0) is 9.59 Å². The van der Waals surface area contributed by atoms with Crippen molar-refractivity contribution in [1.82, 2.24) is 5.32 Å². The van der Waals surface area contributed by atoms with E-state index in [1.54, 1.807) is 32.0 Å². The van der Waals surface area contributed by atoms with E-state index >= 15 is 0 Å². The summed E-state index contributed by atoms with van der Waals surface area (Å²) in [6.07, 6.45) is 0. The van der Waals surface area contributed by atoms with Crippen LogP contribution in [0.3, 0.4) is 0 Å². The molecule has 0 unspecified atom stereocenters. The highest BCUT2D eigenvalue weighted by molar-refractivity contribution is 6.39. The number of methoxy groups -OCH3 is 2. The van der Waals surface area contributed by atoms with Crippen LogP contribution >= 0.6 is 0 Å². The molecule has 0 aliphatic carbocycles. The van der Waals surface area contributed by atoms with Crippen LogP contribution in [0.15, 0.2) is 18.2 Å². The molecule has 19 heavy (non-hydrogen) atoms. The van der Waals surface area contributed by atoms with Crippen molar-refractivity contribution in [2.45, 2.75) is 19.9 Å². The molecule has 0 saturated carbocycles. The highest BCUT2D eigenvalue weighted by Gasteiger charge is 2.16. The highest BCUT2D eigenvalue weighted by atomic mass is 16.5. The average Bonchev–Trinajstić information content (AvgIpc) is 2.37. The minimum absolute atomic E-state index is 0.106. The zero-order chi connectivity index (χ0) is 14.4. The van der Waals surface area contributed by atoms with E-state index in [4.69, 9.17) is 9.47 Å². The Morgan fingerprint density at radius 1 is 1.11 bits per heavy atom. The first-order chi connectivity index (χ1) is 8.97. The van der Waals surface area contributed by atoms with Crippen LogP contribution in [0.5, 0.6) is 11.5 Å². The van der Waals surface area contributed by atoms with E-state index in [0.717, 1.165) is 0 Å². The fourth-order valence-corrected chi connectivity index (χ4v) is 1.42. The first-order valence-corrected chi connectivity index (χ1v) is 5.81. The molecule has 2 amide bonds. The van der Waals surface area contributed by atoms with Crippen molar-refractivity contribution in [2.24, 2.45) is 0 Å². The van der Waals surface area contributed by atoms with E-state index in [9.17, 15) is 9.59 Å². The second kappa shape index (κ2) is 6.63. The van der Waals surface area contributed by atoms with Crippen molar-refractivity contribution < 1.29 is 19.1 Å². The van der Waals surface area contributed by atoms with Crippen molar-refractivity contribution in [3.8, 4) is 11.5 Å². The summed E-state index contributed by atoms with van der Waals surface area (Å²) in [5.74, 6) is -0.438. The van der Waals surface area contributed by atoms with Gasteiger partial charge in [-0.25, -0.2) is 0 Å². The maximum absolute atomic E-state index is 11.7. The van der Waals surface area contributed by atoms with Gasteiger partial charge in [-0.3, -0.25) is 9.59 Å². The molecule has 6 heteroatoms. The number of carbonyl (C=O) groups excluding carboxylic acids is 2. The van der Waals surface area contributed by atoms with Gasteiger partial charge >= 0.3 is 11.8 Å². The molecule has 0 fully saturated rings. The molecule has 0 aliphatic heterocycles. The van der Waals surface area contributed by atoms with E-state index in [2.05, 4.69) is 10.6 Å². The molecule has 1 rings (SSSR count). The van der Waals surface area contributed by atoms with E-state index in [1.807, 2.05) is 0 Å². The van der Waals surface area contributed by atoms with Crippen LogP contribution in [0.2, 0.25) is 0 Å². The number of benzene rings is 1. The van der Waals surface area contributed by atoms with Gasteiger partial charge in [0.2, 0.25) is 0 Å². The number of carbonyl (C=O) groups is 2. The maximum atomic E-state index is 11.7. The quantitative estimate of drug-likeness (QED) is 0.802. The average molecular weight is 266 g/mol. The molecule has 0 bridgehead atoms. The summed E-state index contributed by atoms with van der Waals surface area (Å²) in [5.41, 5.74) is 0.380. The summed E-state index contributed by atoms with van der Waals surface area (Å²) in [4.78, 5) is 23.2. The summed E-state index contributed by atoms with van der Waals surface area (Å²) in [6, 6.07) is 4.82.